The van der Waals surface area contributed by atoms with E-state index in [1.807, 2.05) is 30.3 Å². The van der Waals surface area contributed by atoms with Crippen molar-refractivity contribution in [1.82, 2.24) is 19.7 Å². The third kappa shape index (κ3) is 3.39. The molecule has 0 amide bonds. The molecule has 4 rings (SSSR count). The SMILES string of the molecule is COc1ccc([N+](=O)[O-])cc1CSc1ncnc2c1cnn2-c1ccccc1. The quantitative estimate of drug-likeness (QED) is 0.211. The molecule has 0 spiro atoms. The normalized spacial score (nSPS) is 10.9. The van der Waals surface area contributed by atoms with E-state index in [1.165, 1.54) is 30.2 Å². The molecular formula is C19H15N5O3S. The van der Waals surface area contributed by atoms with Crippen molar-refractivity contribution in [3.63, 3.8) is 0 Å². The summed E-state index contributed by atoms with van der Waals surface area (Å²) in [6.07, 6.45) is 3.23. The minimum atomic E-state index is -0.416. The molecule has 0 aliphatic rings. The smallest absolute Gasteiger partial charge is 0.270 e. The van der Waals surface area contributed by atoms with Gasteiger partial charge in [0.15, 0.2) is 5.65 Å². The number of thioether (sulfide) groups is 1. The Labute approximate surface area is 164 Å². The number of aromatic nitrogens is 4. The third-order valence-corrected chi connectivity index (χ3v) is 5.22. The number of nitro groups is 1. The van der Waals surface area contributed by atoms with Gasteiger partial charge in [-0.25, -0.2) is 14.6 Å². The van der Waals surface area contributed by atoms with Crippen LogP contribution < -0.4 is 4.74 Å². The number of methoxy groups -OCH3 is 1. The van der Waals surface area contributed by atoms with Crippen molar-refractivity contribution in [3.8, 4) is 11.4 Å². The lowest BCUT2D eigenvalue weighted by atomic mass is 10.2. The predicted molar refractivity (Wildman–Crippen MR) is 106 cm³/mol. The first kappa shape index (κ1) is 17.9. The molecule has 0 unspecified atom stereocenters. The van der Waals surface area contributed by atoms with Crippen LogP contribution in [0.2, 0.25) is 0 Å². The van der Waals surface area contributed by atoms with E-state index in [0.29, 0.717) is 17.1 Å². The number of nitrogens with zero attached hydrogens (tertiary/aromatic N) is 5. The molecule has 2 heterocycles. The summed E-state index contributed by atoms with van der Waals surface area (Å²) in [4.78, 5) is 19.4. The molecule has 2 aromatic heterocycles. The maximum absolute atomic E-state index is 11.1. The van der Waals surface area contributed by atoms with Gasteiger partial charge in [0.05, 0.1) is 29.3 Å². The van der Waals surface area contributed by atoms with Crippen molar-refractivity contribution >= 4 is 28.5 Å². The van der Waals surface area contributed by atoms with Crippen molar-refractivity contribution in [2.24, 2.45) is 0 Å². The molecule has 0 bridgehead atoms. The summed E-state index contributed by atoms with van der Waals surface area (Å²) in [6.45, 7) is 0. The Balaban J connectivity index is 1.66. The van der Waals surface area contributed by atoms with Gasteiger partial charge in [-0.3, -0.25) is 10.1 Å². The number of ether oxygens (including phenoxy) is 1. The largest absolute Gasteiger partial charge is 0.496 e. The molecule has 0 radical (unpaired) electrons. The number of hydrogen-bond donors (Lipinski definition) is 0. The van der Waals surface area contributed by atoms with Gasteiger partial charge in [0, 0.05) is 23.4 Å². The predicted octanol–water partition coefficient (Wildman–Crippen LogP) is 4.02. The highest BCUT2D eigenvalue weighted by Crippen LogP contribution is 2.32. The first-order valence-electron chi connectivity index (χ1n) is 8.35. The fraction of sp³-hybridized carbons (Fsp3) is 0.105. The van der Waals surface area contributed by atoms with Crippen LogP contribution in [-0.2, 0) is 5.75 Å². The minimum absolute atomic E-state index is 0.0288. The second kappa shape index (κ2) is 7.65. The number of para-hydroxylation sites is 1. The van der Waals surface area contributed by atoms with E-state index >= 15 is 0 Å². The Kier molecular flexibility index (Phi) is 4.90. The maximum atomic E-state index is 11.1. The fourth-order valence-electron chi connectivity index (χ4n) is 2.83. The molecule has 0 aliphatic heterocycles. The molecule has 0 atom stereocenters. The van der Waals surface area contributed by atoms with E-state index in [4.69, 9.17) is 4.74 Å². The molecule has 0 saturated heterocycles. The second-order valence-electron chi connectivity index (χ2n) is 5.85. The summed E-state index contributed by atoms with van der Waals surface area (Å²) < 4.78 is 7.09. The first-order chi connectivity index (χ1) is 13.7. The van der Waals surface area contributed by atoms with E-state index in [1.54, 1.807) is 24.1 Å². The second-order valence-corrected chi connectivity index (χ2v) is 6.81. The summed E-state index contributed by atoms with van der Waals surface area (Å²) in [5.74, 6) is 1.07. The number of non-ortho nitro benzene ring substituents is 1. The zero-order valence-electron chi connectivity index (χ0n) is 14.8. The van der Waals surface area contributed by atoms with Crippen molar-refractivity contribution in [3.05, 3.63) is 76.7 Å². The molecule has 0 N–H and O–H groups in total. The molecule has 140 valence electrons. The van der Waals surface area contributed by atoms with Crippen LogP contribution in [0.15, 0.2) is 66.1 Å². The standard InChI is InChI=1S/C19H15N5O3S/c1-27-17-8-7-15(24(25)26)9-13(17)11-28-19-16-10-22-23(18(16)20-12-21-19)14-5-3-2-4-6-14/h2-10,12H,11H2,1H3. The number of benzene rings is 2. The third-order valence-electron chi connectivity index (χ3n) is 4.17. The van der Waals surface area contributed by atoms with E-state index in [2.05, 4.69) is 15.1 Å². The van der Waals surface area contributed by atoms with Crippen molar-refractivity contribution in [2.45, 2.75) is 10.8 Å². The van der Waals surface area contributed by atoms with Gasteiger partial charge in [-0.2, -0.15) is 5.10 Å². The summed E-state index contributed by atoms with van der Waals surface area (Å²) in [5, 5.41) is 17.1. The summed E-state index contributed by atoms with van der Waals surface area (Å²) >= 11 is 1.45. The van der Waals surface area contributed by atoms with Crippen LogP contribution in [0.1, 0.15) is 5.56 Å². The zero-order valence-corrected chi connectivity index (χ0v) is 15.7. The van der Waals surface area contributed by atoms with Crippen LogP contribution >= 0.6 is 11.8 Å². The van der Waals surface area contributed by atoms with Crippen LogP contribution in [0.3, 0.4) is 0 Å². The molecule has 0 saturated carbocycles. The number of nitro benzene ring substituents is 1. The van der Waals surface area contributed by atoms with Gasteiger partial charge in [0.25, 0.3) is 5.69 Å². The van der Waals surface area contributed by atoms with Crippen LogP contribution in [0, 0.1) is 10.1 Å². The summed E-state index contributed by atoms with van der Waals surface area (Å²) in [6, 6.07) is 14.3. The lowest BCUT2D eigenvalue weighted by Crippen LogP contribution is -1.98. The van der Waals surface area contributed by atoms with Crippen molar-refractivity contribution in [1.29, 1.82) is 0 Å². The van der Waals surface area contributed by atoms with Crippen molar-refractivity contribution < 1.29 is 9.66 Å². The number of hydrogen-bond acceptors (Lipinski definition) is 7. The van der Waals surface area contributed by atoms with Gasteiger partial charge in [-0.15, -0.1) is 11.8 Å². The van der Waals surface area contributed by atoms with E-state index in [-0.39, 0.29) is 5.69 Å². The van der Waals surface area contributed by atoms with Crippen LogP contribution in [0.4, 0.5) is 5.69 Å². The van der Waals surface area contributed by atoms with Gasteiger partial charge in [0.2, 0.25) is 0 Å². The van der Waals surface area contributed by atoms with Gasteiger partial charge in [0.1, 0.15) is 17.1 Å². The number of rotatable bonds is 6. The Hall–Kier alpha value is -3.46. The van der Waals surface area contributed by atoms with Gasteiger partial charge < -0.3 is 4.74 Å². The van der Waals surface area contributed by atoms with Crippen LogP contribution in [0.5, 0.6) is 5.75 Å². The lowest BCUT2D eigenvalue weighted by Gasteiger charge is -2.08. The Bertz CT molecular complexity index is 1150. The molecule has 2 aromatic carbocycles. The minimum Gasteiger partial charge on any atom is -0.496 e. The molecule has 28 heavy (non-hydrogen) atoms. The molecule has 4 aromatic rings. The highest BCUT2D eigenvalue weighted by Gasteiger charge is 2.15. The number of fused-ring (bicyclic) bond motifs is 1. The monoisotopic (exact) mass is 393 g/mol. The molecular weight excluding hydrogens is 378 g/mol. The lowest BCUT2D eigenvalue weighted by molar-refractivity contribution is -0.384. The fourth-order valence-corrected chi connectivity index (χ4v) is 3.77. The van der Waals surface area contributed by atoms with Gasteiger partial charge in [-0.05, 0) is 18.2 Å². The zero-order chi connectivity index (χ0) is 19.5. The summed E-state index contributed by atoms with van der Waals surface area (Å²) in [5.41, 5.74) is 2.37. The topological polar surface area (TPSA) is 96.0 Å². The average molecular weight is 393 g/mol. The molecule has 8 nitrogen and oxygen atoms in total. The van der Waals surface area contributed by atoms with E-state index in [9.17, 15) is 10.1 Å². The van der Waals surface area contributed by atoms with Crippen molar-refractivity contribution in [2.75, 3.05) is 7.11 Å². The first-order valence-corrected chi connectivity index (χ1v) is 9.34. The highest BCUT2D eigenvalue weighted by atomic mass is 32.2. The van der Waals surface area contributed by atoms with Crippen LogP contribution in [0.25, 0.3) is 16.7 Å². The molecule has 0 aliphatic carbocycles. The van der Waals surface area contributed by atoms with E-state index < -0.39 is 4.92 Å². The Morgan fingerprint density at radius 2 is 2.00 bits per heavy atom. The van der Waals surface area contributed by atoms with E-state index in [0.717, 1.165) is 21.7 Å². The molecule has 9 heteroatoms. The maximum Gasteiger partial charge on any atom is 0.270 e. The Morgan fingerprint density at radius 1 is 1.18 bits per heavy atom. The summed E-state index contributed by atoms with van der Waals surface area (Å²) in [7, 11) is 1.54. The highest BCUT2D eigenvalue weighted by molar-refractivity contribution is 7.98. The Morgan fingerprint density at radius 3 is 2.75 bits per heavy atom. The van der Waals surface area contributed by atoms with Gasteiger partial charge in [-0.1, -0.05) is 18.2 Å². The van der Waals surface area contributed by atoms with Crippen LogP contribution in [-0.4, -0.2) is 31.8 Å². The average Bonchev–Trinajstić information content (AvgIpc) is 3.17. The van der Waals surface area contributed by atoms with Gasteiger partial charge >= 0.3 is 0 Å². The molecule has 0 fully saturated rings.